The molecule has 40 heavy (non-hydrogen) atoms. The average molecular weight is 543 g/mol. The number of aliphatic imine (C=N–C) groups is 2. The lowest BCUT2D eigenvalue weighted by Crippen LogP contribution is -2.25. The minimum atomic E-state index is 0.107. The van der Waals surface area contributed by atoms with Crippen molar-refractivity contribution < 1.29 is 19.7 Å². The number of rotatable bonds is 12. The number of aromatic hydroxyl groups is 2. The van der Waals surface area contributed by atoms with Crippen LogP contribution in [0, 0.1) is 0 Å². The van der Waals surface area contributed by atoms with Gasteiger partial charge in [-0.05, 0) is 88.3 Å². The number of para-hydroxylation sites is 2. The van der Waals surface area contributed by atoms with Crippen molar-refractivity contribution in [2.45, 2.75) is 25.7 Å². The first-order chi connectivity index (χ1) is 19.6. The van der Waals surface area contributed by atoms with Crippen molar-refractivity contribution in [3.63, 3.8) is 0 Å². The molecule has 0 aliphatic carbocycles. The SMILES string of the molecule is Oc1cc(OCCN2CCCC2)ccc1C=Nc1ccccc1N=Cc1ccc(OCCN2CCCC2)cc1O. The third-order valence-electron chi connectivity index (χ3n) is 7.32. The Morgan fingerprint density at radius 1 is 0.625 bits per heavy atom. The van der Waals surface area contributed by atoms with Crippen LogP contribution in [0.15, 0.2) is 70.6 Å². The molecule has 8 heteroatoms. The fourth-order valence-electron chi connectivity index (χ4n) is 5.00. The predicted octanol–water partition coefficient (Wildman–Crippen LogP) is 5.55. The molecular formula is C32H38N4O4. The van der Waals surface area contributed by atoms with E-state index in [4.69, 9.17) is 9.47 Å². The van der Waals surface area contributed by atoms with E-state index in [0.717, 1.165) is 39.3 Å². The predicted molar refractivity (Wildman–Crippen MR) is 160 cm³/mol. The largest absolute Gasteiger partial charge is 0.507 e. The smallest absolute Gasteiger partial charge is 0.128 e. The van der Waals surface area contributed by atoms with Gasteiger partial charge in [0.15, 0.2) is 0 Å². The van der Waals surface area contributed by atoms with Crippen LogP contribution < -0.4 is 9.47 Å². The van der Waals surface area contributed by atoms with Crippen LogP contribution in [0.2, 0.25) is 0 Å². The van der Waals surface area contributed by atoms with Gasteiger partial charge in [-0.2, -0.15) is 0 Å². The van der Waals surface area contributed by atoms with Gasteiger partial charge in [0.1, 0.15) is 36.2 Å². The molecule has 0 aromatic heterocycles. The molecule has 3 aromatic carbocycles. The number of phenols is 2. The van der Waals surface area contributed by atoms with Crippen molar-refractivity contribution >= 4 is 23.8 Å². The van der Waals surface area contributed by atoms with Crippen molar-refractivity contribution in [2.24, 2.45) is 9.98 Å². The van der Waals surface area contributed by atoms with Crippen molar-refractivity contribution in [1.29, 1.82) is 0 Å². The van der Waals surface area contributed by atoms with Crippen LogP contribution in [0.3, 0.4) is 0 Å². The maximum absolute atomic E-state index is 10.5. The standard InChI is InChI=1S/C32H38N4O4/c37-31-21-27(39-19-17-35-13-3-4-14-35)11-9-25(31)23-33-29-7-1-2-8-30(29)34-24-26-10-12-28(22-32(26)38)40-20-18-36-15-5-6-16-36/h1-2,7-12,21-24,37-38H,3-6,13-20H2. The number of ether oxygens (including phenoxy) is 2. The van der Waals surface area contributed by atoms with E-state index in [1.165, 1.54) is 25.7 Å². The van der Waals surface area contributed by atoms with E-state index < -0.39 is 0 Å². The molecule has 2 N–H and O–H groups in total. The zero-order valence-electron chi connectivity index (χ0n) is 22.9. The third-order valence-corrected chi connectivity index (χ3v) is 7.32. The van der Waals surface area contributed by atoms with Gasteiger partial charge >= 0.3 is 0 Å². The highest BCUT2D eigenvalue weighted by Gasteiger charge is 2.12. The Bertz CT molecular complexity index is 1210. The quantitative estimate of drug-likeness (QED) is 0.292. The Morgan fingerprint density at radius 3 is 1.45 bits per heavy atom. The number of benzene rings is 3. The van der Waals surface area contributed by atoms with Gasteiger partial charge in [-0.15, -0.1) is 0 Å². The van der Waals surface area contributed by atoms with Crippen LogP contribution in [0.25, 0.3) is 0 Å². The minimum absolute atomic E-state index is 0.107. The van der Waals surface area contributed by atoms with Crippen molar-refractivity contribution in [3.05, 3.63) is 71.8 Å². The normalized spacial score (nSPS) is 16.4. The van der Waals surface area contributed by atoms with Crippen LogP contribution in [-0.4, -0.2) is 84.9 Å². The summed E-state index contributed by atoms with van der Waals surface area (Å²) in [4.78, 5) is 13.9. The van der Waals surface area contributed by atoms with Crippen molar-refractivity contribution in [3.8, 4) is 23.0 Å². The lowest BCUT2D eigenvalue weighted by atomic mass is 10.2. The average Bonchev–Trinajstić information content (AvgIpc) is 3.68. The molecule has 2 heterocycles. The Kier molecular flexibility index (Phi) is 9.66. The van der Waals surface area contributed by atoms with Crippen LogP contribution in [0.4, 0.5) is 11.4 Å². The summed E-state index contributed by atoms with van der Waals surface area (Å²) in [5.41, 5.74) is 2.46. The lowest BCUT2D eigenvalue weighted by Gasteiger charge is -2.15. The van der Waals surface area contributed by atoms with E-state index in [1.807, 2.05) is 36.4 Å². The molecule has 0 radical (unpaired) electrons. The molecule has 0 unspecified atom stereocenters. The number of nitrogens with zero attached hydrogens (tertiary/aromatic N) is 4. The summed E-state index contributed by atoms with van der Waals surface area (Å²) in [7, 11) is 0. The first kappa shape index (κ1) is 27.7. The van der Waals surface area contributed by atoms with Gasteiger partial charge in [-0.1, -0.05) is 12.1 Å². The molecule has 2 aliphatic heterocycles. The molecule has 8 nitrogen and oxygen atoms in total. The number of hydrogen-bond acceptors (Lipinski definition) is 8. The second-order valence-electron chi connectivity index (χ2n) is 10.2. The summed E-state index contributed by atoms with van der Waals surface area (Å²) in [5.74, 6) is 1.50. The highest BCUT2D eigenvalue weighted by atomic mass is 16.5. The van der Waals surface area contributed by atoms with E-state index in [0.29, 0.717) is 47.2 Å². The number of hydrogen-bond donors (Lipinski definition) is 2. The molecule has 0 amide bonds. The molecule has 0 atom stereocenters. The molecular weight excluding hydrogens is 504 g/mol. The van der Waals surface area contributed by atoms with Crippen LogP contribution in [0.1, 0.15) is 36.8 Å². The number of likely N-dealkylation sites (tertiary alicyclic amines) is 2. The van der Waals surface area contributed by atoms with Crippen molar-refractivity contribution in [1.82, 2.24) is 9.80 Å². The molecule has 2 fully saturated rings. The molecule has 3 aromatic rings. The third kappa shape index (κ3) is 7.83. The zero-order valence-corrected chi connectivity index (χ0v) is 22.9. The van der Waals surface area contributed by atoms with E-state index in [9.17, 15) is 10.2 Å². The topological polar surface area (TPSA) is 90.1 Å². The summed E-state index contributed by atoms with van der Waals surface area (Å²) in [6.45, 7) is 7.54. The first-order valence-electron chi connectivity index (χ1n) is 14.2. The highest BCUT2D eigenvalue weighted by Crippen LogP contribution is 2.30. The highest BCUT2D eigenvalue weighted by molar-refractivity contribution is 5.89. The molecule has 2 aliphatic rings. The van der Waals surface area contributed by atoms with E-state index in [-0.39, 0.29) is 11.5 Å². The molecule has 2 saturated heterocycles. The van der Waals surface area contributed by atoms with Gasteiger partial charge in [-0.3, -0.25) is 19.8 Å². The van der Waals surface area contributed by atoms with Gasteiger partial charge in [-0.25, -0.2) is 0 Å². The van der Waals surface area contributed by atoms with E-state index >= 15 is 0 Å². The van der Waals surface area contributed by atoms with Crippen LogP contribution in [0.5, 0.6) is 23.0 Å². The van der Waals surface area contributed by atoms with E-state index in [2.05, 4.69) is 19.8 Å². The maximum atomic E-state index is 10.5. The van der Waals surface area contributed by atoms with Crippen LogP contribution >= 0.6 is 0 Å². The van der Waals surface area contributed by atoms with Gasteiger partial charge < -0.3 is 19.7 Å². The molecule has 0 bridgehead atoms. The lowest BCUT2D eigenvalue weighted by molar-refractivity contribution is 0.237. The molecule has 0 spiro atoms. The summed E-state index contributed by atoms with van der Waals surface area (Å²) in [6.07, 6.45) is 8.26. The summed E-state index contributed by atoms with van der Waals surface area (Å²) >= 11 is 0. The van der Waals surface area contributed by atoms with Gasteiger partial charge in [0.05, 0.1) is 11.4 Å². The zero-order chi connectivity index (χ0) is 27.6. The van der Waals surface area contributed by atoms with Gasteiger partial charge in [0, 0.05) is 48.8 Å². The molecule has 210 valence electrons. The first-order valence-corrected chi connectivity index (χ1v) is 14.2. The van der Waals surface area contributed by atoms with Crippen molar-refractivity contribution in [2.75, 3.05) is 52.5 Å². The Morgan fingerprint density at radius 2 is 1.05 bits per heavy atom. The monoisotopic (exact) mass is 542 g/mol. The molecule has 5 rings (SSSR count). The summed E-state index contributed by atoms with van der Waals surface area (Å²) in [6, 6.07) is 18.0. The van der Waals surface area contributed by atoms with Crippen LogP contribution in [-0.2, 0) is 0 Å². The van der Waals surface area contributed by atoms with E-state index in [1.54, 1.807) is 36.7 Å². The van der Waals surface area contributed by atoms with Gasteiger partial charge in [0.2, 0.25) is 0 Å². The summed E-state index contributed by atoms with van der Waals surface area (Å²) in [5, 5.41) is 21.0. The molecule has 0 saturated carbocycles. The summed E-state index contributed by atoms with van der Waals surface area (Å²) < 4.78 is 11.6. The Hall–Kier alpha value is -3.88. The second-order valence-corrected chi connectivity index (χ2v) is 10.2. The Labute approximate surface area is 236 Å². The number of phenolic OH excluding ortho intramolecular Hbond substituents is 2. The fourth-order valence-corrected chi connectivity index (χ4v) is 5.00. The minimum Gasteiger partial charge on any atom is -0.507 e. The van der Waals surface area contributed by atoms with Gasteiger partial charge in [0.25, 0.3) is 0 Å². The maximum Gasteiger partial charge on any atom is 0.128 e. The second kappa shape index (κ2) is 14.0. The Balaban J connectivity index is 1.18. The fraction of sp³-hybridized carbons (Fsp3) is 0.375.